The van der Waals surface area contributed by atoms with Gasteiger partial charge in [0.2, 0.25) is 0 Å². The van der Waals surface area contributed by atoms with E-state index in [-0.39, 0.29) is 6.04 Å². The molecule has 3 aromatic rings. The third-order valence-electron chi connectivity index (χ3n) is 4.75. The van der Waals surface area contributed by atoms with Crippen molar-refractivity contribution in [2.45, 2.75) is 26.4 Å². The van der Waals surface area contributed by atoms with Crippen molar-refractivity contribution >= 4 is 34.4 Å². The summed E-state index contributed by atoms with van der Waals surface area (Å²) >= 11 is 7.61. The molecule has 3 nitrogen and oxygen atoms in total. The molecule has 4 rings (SSSR count). The zero-order valence-electron chi connectivity index (χ0n) is 14.4. The second kappa shape index (κ2) is 6.65. The molecule has 1 unspecified atom stereocenters. The quantitative estimate of drug-likeness (QED) is 0.646. The number of benzene rings is 1. The Morgan fingerprint density at radius 3 is 2.84 bits per heavy atom. The van der Waals surface area contributed by atoms with E-state index in [1.54, 1.807) is 11.3 Å². The molecule has 1 aliphatic rings. The Bertz CT molecular complexity index is 896. The topological polar surface area (TPSA) is 20.2 Å². The second-order valence-corrected chi connectivity index (χ2v) is 7.85. The number of hydrogen-bond acceptors (Lipinski definition) is 2. The monoisotopic (exact) mass is 367 g/mol. The van der Waals surface area contributed by atoms with Gasteiger partial charge in [0.25, 0.3) is 0 Å². The first-order chi connectivity index (χ1) is 12.1. The molecule has 1 atom stereocenters. The molecule has 0 saturated heterocycles. The minimum Gasteiger partial charge on any atom is -0.347 e. The summed E-state index contributed by atoms with van der Waals surface area (Å²) in [6, 6.07) is 15.2. The molecule has 0 spiro atoms. The summed E-state index contributed by atoms with van der Waals surface area (Å²) in [7, 11) is 0. The molecule has 0 bridgehead atoms. The van der Waals surface area contributed by atoms with Crippen LogP contribution in [0.4, 0.5) is 5.69 Å². The van der Waals surface area contributed by atoms with E-state index in [9.17, 15) is 0 Å². The van der Waals surface area contributed by atoms with Crippen LogP contribution in [0.25, 0.3) is 0 Å². The van der Waals surface area contributed by atoms with Crippen LogP contribution >= 0.6 is 23.6 Å². The lowest BCUT2D eigenvalue weighted by Gasteiger charge is -2.38. The van der Waals surface area contributed by atoms with Gasteiger partial charge in [0.05, 0.1) is 0 Å². The highest BCUT2D eigenvalue weighted by Crippen LogP contribution is 2.35. The zero-order chi connectivity index (χ0) is 17.4. The SMILES string of the molecule is Cc1ccc(C)c(NC(=S)N2CCn3cccc3C2c2cccs2)c1. The smallest absolute Gasteiger partial charge is 0.174 e. The summed E-state index contributed by atoms with van der Waals surface area (Å²) in [5, 5.41) is 6.42. The predicted octanol–water partition coefficient (Wildman–Crippen LogP) is 4.97. The third-order valence-corrected chi connectivity index (χ3v) is 6.01. The molecule has 0 aliphatic carbocycles. The number of thiophene rings is 1. The van der Waals surface area contributed by atoms with Crippen LogP contribution < -0.4 is 5.32 Å². The van der Waals surface area contributed by atoms with Gasteiger partial charge in [0.15, 0.2) is 5.11 Å². The molecule has 128 valence electrons. The average Bonchev–Trinajstić information content (AvgIpc) is 3.28. The summed E-state index contributed by atoms with van der Waals surface area (Å²) in [6.07, 6.45) is 2.16. The largest absolute Gasteiger partial charge is 0.347 e. The van der Waals surface area contributed by atoms with Crippen molar-refractivity contribution in [2.75, 3.05) is 11.9 Å². The van der Waals surface area contributed by atoms with E-state index in [2.05, 4.69) is 82.7 Å². The number of nitrogens with one attached hydrogen (secondary N) is 1. The molecule has 2 aromatic heterocycles. The van der Waals surface area contributed by atoms with Gasteiger partial charge in [-0.25, -0.2) is 0 Å². The fourth-order valence-electron chi connectivity index (χ4n) is 3.41. The van der Waals surface area contributed by atoms with E-state index in [0.717, 1.165) is 23.9 Å². The predicted molar refractivity (Wildman–Crippen MR) is 109 cm³/mol. The van der Waals surface area contributed by atoms with Gasteiger partial charge in [0, 0.05) is 35.5 Å². The maximum Gasteiger partial charge on any atom is 0.174 e. The minimum absolute atomic E-state index is 0.175. The van der Waals surface area contributed by atoms with Crippen LogP contribution in [0.5, 0.6) is 0 Å². The van der Waals surface area contributed by atoms with Crippen molar-refractivity contribution in [3.05, 3.63) is 75.7 Å². The van der Waals surface area contributed by atoms with Gasteiger partial charge in [-0.15, -0.1) is 11.3 Å². The molecule has 3 heterocycles. The van der Waals surface area contributed by atoms with E-state index < -0.39 is 0 Å². The first-order valence-corrected chi connectivity index (χ1v) is 9.75. The lowest BCUT2D eigenvalue weighted by molar-refractivity contribution is 0.297. The highest BCUT2D eigenvalue weighted by atomic mass is 32.1. The van der Waals surface area contributed by atoms with Gasteiger partial charge in [-0.05, 0) is 66.8 Å². The Balaban J connectivity index is 1.66. The number of rotatable bonds is 2. The minimum atomic E-state index is 0.175. The first kappa shape index (κ1) is 16.4. The van der Waals surface area contributed by atoms with E-state index >= 15 is 0 Å². The van der Waals surface area contributed by atoms with Crippen LogP contribution in [-0.2, 0) is 6.54 Å². The Morgan fingerprint density at radius 2 is 2.04 bits per heavy atom. The molecule has 25 heavy (non-hydrogen) atoms. The van der Waals surface area contributed by atoms with Gasteiger partial charge in [-0.1, -0.05) is 18.2 Å². The first-order valence-electron chi connectivity index (χ1n) is 8.47. The number of anilines is 1. The molecular weight excluding hydrogens is 346 g/mol. The van der Waals surface area contributed by atoms with Gasteiger partial charge in [-0.2, -0.15) is 0 Å². The molecular formula is C20H21N3S2. The number of hydrogen-bond donors (Lipinski definition) is 1. The van der Waals surface area contributed by atoms with Crippen molar-refractivity contribution in [1.82, 2.24) is 9.47 Å². The lowest BCUT2D eigenvalue weighted by atomic mass is 10.1. The molecule has 1 aromatic carbocycles. The molecule has 0 saturated carbocycles. The third kappa shape index (κ3) is 3.10. The summed E-state index contributed by atoms with van der Waals surface area (Å²) in [5.74, 6) is 0. The van der Waals surface area contributed by atoms with Crippen LogP contribution in [0.15, 0.2) is 54.0 Å². The van der Waals surface area contributed by atoms with Gasteiger partial charge in [0.1, 0.15) is 6.04 Å². The van der Waals surface area contributed by atoms with Crippen LogP contribution in [-0.4, -0.2) is 21.1 Å². The van der Waals surface area contributed by atoms with E-state index in [1.807, 2.05) is 0 Å². The van der Waals surface area contributed by atoms with Crippen molar-refractivity contribution in [3.8, 4) is 0 Å². The molecule has 5 heteroatoms. The number of fused-ring (bicyclic) bond motifs is 1. The Labute approximate surface area is 157 Å². The van der Waals surface area contributed by atoms with Gasteiger partial charge in [-0.3, -0.25) is 0 Å². The zero-order valence-corrected chi connectivity index (χ0v) is 16.0. The van der Waals surface area contributed by atoms with Gasteiger partial charge < -0.3 is 14.8 Å². The molecule has 1 aliphatic heterocycles. The van der Waals surface area contributed by atoms with Crippen molar-refractivity contribution < 1.29 is 0 Å². The van der Waals surface area contributed by atoms with Gasteiger partial charge >= 0.3 is 0 Å². The Kier molecular flexibility index (Phi) is 4.36. The Morgan fingerprint density at radius 1 is 1.16 bits per heavy atom. The molecule has 0 amide bonds. The normalized spacial score (nSPS) is 16.6. The fraction of sp³-hybridized carbons (Fsp3) is 0.250. The van der Waals surface area contributed by atoms with Crippen LogP contribution in [0.1, 0.15) is 27.7 Å². The number of aromatic nitrogens is 1. The van der Waals surface area contributed by atoms with E-state index in [4.69, 9.17) is 12.2 Å². The number of nitrogens with zero attached hydrogens (tertiary/aromatic N) is 2. The maximum absolute atomic E-state index is 5.82. The number of thiocarbonyl (C=S) groups is 1. The van der Waals surface area contributed by atoms with Crippen molar-refractivity contribution in [1.29, 1.82) is 0 Å². The second-order valence-electron chi connectivity index (χ2n) is 6.49. The van der Waals surface area contributed by atoms with E-state index in [1.165, 1.54) is 21.7 Å². The summed E-state index contributed by atoms with van der Waals surface area (Å²) in [5.41, 5.74) is 4.84. The lowest BCUT2D eigenvalue weighted by Crippen LogP contribution is -2.44. The highest BCUT2D eigenvalue weighted by molar-refractivity contribution is 7.80. The summed E-state index contributed by atoms with van der Waals surface area (Å²) in [6.45, 7) is 6.08. The maximum atomic E-state index is 5.82. The van der Waals surface area contributed by atoms with Crippen LogP contribution in [0.2, 0.25) is 0 Å². The average molecular weight is 368 g/mol. The van der Waals surface area contributed by atoms with Crippen molar-refractivity contribution in [3.63, 3.8) is 0 Å². The molecule has 0 radical (unpaired) electrons. The van der Waals surface area contributed by atoms with E-state index in [0.29, 0.717) is 0 Å². The van der Waals surface area contributed by atoms with Crippen molar-refractivity contribution in [2.24, 2.45) is 0 Å². The van der Waals surface area contributed by atoms with Crippen LogP contribution in [0, 0.1) is 13.8 Å². The summed E-state index contributed by atoms with van der Waals surface area (Å²) in [4.78, 5) is 3.64. The molecule has 1 N–H and O–H groups in total. The summed E-state index contributed by atoms with van der Waals surface area (Å²) < 4.78 is 2.33. The standard InChI is InChI=1S/C20H21N3S2/c1-14-7-8-15(2)16(13-14)21-20(24)23-11-10-22-9-3-5-17(22)19(23)18-6-4-12-25-18/h3-9,12-13,19H,10-11H2,1-2H3,(H,21,24). The highest BCUT2D eigenvalue weighted by Gasteiger charge is 2.31. The number of aryl methyl sites for hydroxylation is 2. The fourth-order valence-corrected chi connectivity index (χ4v) is 4.56. The molecule has 0 fully saturated rings. The van der Waals surface area contributed by atoms with Crippen LogP contribution in [0.3, 0.4) is 0 Å². The Hall–Kier alpha value is -2.11.